The summed E-state index contributed by atoms with van der Waals surface area (Å²) in [5.74, 6) is 0.409. The van der Waals surface area contributed by atoms with E-state index in [1.807, 2.05) is 13.0 Å². The summed E-state index contributed by atoms with van der Waals surface area (Å²) in [6.45, 7) is 5.23. The Balaban J connectivity index is 1.97. The third kappa shape index (κ3) is 4.27. The molecule has 21 heavy (non-hydrogen) atoms. The molecule has 2 heterocycles. The van der Waals surface area contributed by atoms with E-state index in [0.717, 1.165) is 24.3 Å². The zero-order chi connectivity index (χ0) is 15.1. The number of carbonyl (C=O) groups is 1. The lowest BCUT2D eigenvalue weighted by Gasteiger charge is -2.11. The van der Waals surface area contributed by atoms with E-state index in [4.69, 9.17) is 0 Å². The maximum absolute atomic E-state index is 12.2. The number of rotatable bonds is 7. The highest BCUT2D eigenvalue weighted by atomic mass is 16.5. The second-order valence-electron chi connectivity index (χ2n) is 4.65. The van der Waals surface area contributed by atoms with Gasteiger partial charge in [-0.15, -0.1) is 0 Å². The fourth-order valence-electron chi connectivity index (χ4n) is 1.83. The van der Waals surface area contributed by atoms with Gasteiger partial charge < -0.3 is 15.2 Å². The third-order valence-electron chi connectivity index (χ3n) is 2.89. The molecular weight excluding hydrogens is 270 g/mol. The van der Waals surface area contributed by atoms with Crippen LogP contribution in [0.25, 0.3) is 0 Å². The molecule has 0 aliphatic heterocycles. The van der Waals surface area contributed by atoms with Gasteiger partial charge in [0.2, 0.25) is 6.39 Å². The van der Waals surface area contributed by atoms with Crippen molar-refractivity contribution in [2.45, 2.75) is 26.7 Å². The van der Waals surface area contributed by atoms with Crippen LogP contribution >= 0.6 is 0 Å². The SMILES string of the molecule is CCCNc1cc(C)ncc1C(=O)NCCc1ncon1. The zero-order valence-corrected chi connectivity index (χ0v) is 12.2. The molecule has 2 rings (SSSR count). The van der Waals surface area contributed by atoms with E-state index in [0.29, 0.717) is 24.4 Å². The first kappa shape index (κ1) is 15.0. The van der Waals surface area contributed by atoms with Crippen LogP contribution in [-0.2, 0) is 6.42 Å². The first-order valence-corrected chi connectivity index (χ1v) is 6.94. The predicted molar refractivity (Wildman–Crippen MR) is 78.1 cm³/mol. The quantitative estimate of drug-likeness (QED) is 0.803. The number of aromatic nitrogens is 3. The van der Waals surface area contributed by atoms with Gasteiger partial charge >= 0.3 is 0 Å². The molecule has 112 valence electrons. The van der Waals surface area contributed by atoms with Crippen LogP contribution in [0.5, 0.6) is 0 Å². The molecule has 2 N–H and O–H groups in total. The molecule has 0 radical (unpaired) electrons. The monoisotopic (exact) mass is 289 g/mol. The Labute approximate surface area is 123 Å². The first-order valence-electron chi connectivity index (χ1n) is 6.94. The van der Waals surface area contributed by atoms with Crippen LogP contribution < -0.4 is 10.6 Å². The minimum atomic E-state index is -0.162. The molecule has 2 aromatic heterocycles. The number of nitrogens with one attached hydrogen (secondary N) is 2. The molecule has 0 aliphatic carbocycles. The summed E-state index contributed by atoms with van der Waals surface area (Å²) in [6.07, 6.45) is 4.38. The standard InChI is InChI=1S/C14H19N5O2/c1-3-5-15-12-7-10(2)17-8-11(12)14(20)16-6-4-13-18-9-21-19-13/h7-9H,3-6H2,1-2H3,(H,15,17)(H,16,20). The third-order valence-corrected chi connectivity index (χ3v) is 2.89. The molecule has 0 saturated carbocycles. The average molecular weight is 289 g/mol. The van der Waals surface area contributed by atoms with Crippen molar-refractivity contribution in [3.05, 3.63) is 35.7 Å². The average Bonchev–Trinajstić information content (AvgIpc) is 2.98. The molecule has 0 unspecified atom stereocenters. The van der Waals surface area contributed by atoms with Gasteiger partial charge in [0.25, 0.3) is 5.91 Å². The molecule has 0 atom stereocenters. The smallest absolute Gasteiger partial charge is 0.254 e. The molecule has 0 aromatic carbocycles. The zero-order valence-electron chi connectivity index (χ0n) is 12.2. The summed E-state index contributed by atoms with van der Waals surface area (Å²) in [7, 11) is 0. The number of nitrogens with zero attached hydrogens (tertiary/aromatic N) is 3. The molecular formula is C14H19N5O2. The van der Waals surface area contributed by atoms with Crippen LogP contribution in [-0.4, -0.2) is 34.1 Å². The summed E-state index contributed by atoms with van der Waals surface area (Å²) >= 11 is 0. The van der Waals surface area contributed by atoms with Crippen molar-refractivity contribution in [3.63, 3.8) is 0 Å². The predicted octanol–water partition coefficient (Wildman–Crippen LogP) is 1.57. The molecule has 0 bridgehead atoms. The number of hydrogen-bond acceptors (Lipinski definition) is 6. The van der Waals surface area contributed by atoms with Gasteiger partial charge in [-0.2, -0.15) is 4.98 Å². The second-order valence-corrected chi connectivity index (χ2v) is 4.65. The van der Waals surface area contributed by atoms with Gasteiger partial charge in [0.05, 0.1) is 11.3 Å². The number of carbonyl (C=O) groups excluding carboxylic acids is 1. The molecule has 0 spiro atoms. The van der Waals surface area contributed by atoms with Crippen LogP contribution in [0.15, 0.2) is 23.2 Å². The van der Waals surface area contributed by atoms with Crippen molar-refractivity contribution in [2.24, 2.45) is 0 Å². The molecule has 7 heteroatoms. The molecule has 2 aromatic rings. The van der Waals surface area contributed by atoms with Gasteiger partial charge in [0.1, 0.15) is 0 Å². The summed E-state index contributed by atoms with van der Waals surface area (Å²) in [5.41, 5.74) is 2.22. The Morgan fingerprint density at radius 1 is 1.33 bits per heavy atom. The van der Waals surface area contributed by atoms with E-state index in [2.05, 4.69) is 37.2 Å². The maximum Gasteiger partial charge on any atom is 0.254 e. The van der Waals surface area contributed by atoms with Gasteiger partial charge in [-0.05, 0) is 19.4 Å². The first-order chi connectivity index (χ1) is 10.2. The van der Waals surface area contributed by atoms with Gasteiger partial charge in [-0.3, -0.25) is 9.78 Å². The van der Waals surface area contributed by atoms with Crippen LogP contribution in [0.4, 0.5) is 5.69 Å². The van der Waals surface area contributed by atoms with E-state index in [1.54, 1.807) is 6.20 Å². The van der Waals surface area contributed by atoms with E-state index >= 15 is 0 Å². The Hall–Kier alpha value is -2.44. The van der Waals surface area contributed by atoms with E-state index in [-0.39, 0.29) is 5.91 Å². The highest BCUT2D eigenvalue weighted by Crippen LogP contribution is 2.15. The Bertz CT molecular complexity index is 583. The molecule has 0 aliphatic rings. The van der Waals surface area contributed by atoms with Gasteiger partial charge in [0, 0.05) is 31.4 Å². The Morgan fingerprint density at radius 3 is 2.90 bits per heavy atom. The summed E-state index contributed by atoms with van der Waals surface area (Å²) < 4.78 is 4.64. The van der Waals surface area contributed by atoms with Crippen molar-refractivity contribution in [1.29, 1.82) is 0 Å². The summed E-state index contributed by atoms with van der Waals surface area (Å²) in [4.78, 5) is 20.3. The molecule has 1 amide bonds. The largest absolute Gasteiger partial charge is 0.384 e. The van der Waals surface area contributed by atoms with Gasteiger partial charge in [-0.25, -0.2) is 0 Å². The van der Waals surface area contributed by atoms with Crippen molar-refractivity contribution in [1.82, 2.24) is 20.4 Å². The molecule has 0 fully saturated rings. The topological polar surface area (TPSA) is 92.9 Å². The van der Waals surface area contributed by atoms with Crippen LogP contribution in [0, 0.1) is 6.92 Å². The minimum absolute atomic E-state index is 0.162. The highest BCUT2D eigenvalue weighted by Gasteiger charge is 2.12. The van der Waals surface area contributed by atoms with Gasteiger partial charge in [0.15, 0.2) is 5.82 Å². The fraction of sp³-hybridized carbons (Fsp3) is 0.429. The van der Waals surface area contributed by atoms with Crippen LogP contribution in [0.1, 0.15) is 35.2 Å². The second kappa shape index (κ2) is 7.37. The number of anilines is 1. The summed E-state index contributed by atoms with van der Waals surface area (Å²) in [6, 6.07) is 1.88. The van der Waals surface area contributed by atoms with Crippen molar-refractivity contribution in [3.8, 4) is 0 Å². The number of pyridine rings is 1. The van der Waals surface area contributed by atoms with Crippen LogP contribution in [0.3, 0.4) is 0 Å². The van der Waals surface area contributed by atoms with Crippen molar-refractivity contribution < 1.29 is 9.32 Å². The minimum Gasteiger partial charge on any atom is -0.384 e. The lowest BCUT2D eigenvalue weighted by atomic mass is 10.2. The lowest BCUT2D eigenvalue weighted by Crippen LogP contribution is -2.27. The Morgan fingerprint density at radius 2 is 2.19 bits per heavy atom. The van der Waals surface area contributed by atoms with Crippen LogP contribution in [0.2, 0.25) is 0 Å². The van der Waals surface area contributed by atoms with Crippen molar-refractivity contribution in [2.75, 3.05) is 18.4 Å². The highest BCUT2D eigenvalue weighted by molar-refractivity contribution is 5.99. The van der Waals surface area contributed by atoms with Crippen molar-refractivity contribution >= 4 is 11.6 Å². The number of amides is 1. The maximum atomic E-state index is 12.2. The normalized spacial score (nSPS) is 10.4. The molecule has 7 nitrogen and oxygen atoms in total. The van der Waals surface area contributed by atoms with E-state index < -0.39 is 0 Å². The fourth-order valence-corrected chi connectivity index (χ4v) is 1.83. The summed E-state index contributed by atoms with van der Waals surface area (Å²) in [5, 5.41) is 9.77. The van der Waals surface area contributed by atoms with E-state index in [9.17, 15) is 4.79 Å². The number of hydrogen-bond donors (Lipinski definition) is 2. The van der Waals surface area contributed by atoms with E-state index in [1.165, 1.54) is 6.39 Å². The Kier molecular flexibility index (Phi) is 5.25. The molecule has 0 saturated heterocycles. The van der Waals surface area contributed by atoms with Gasteiger partial charge in [-0.1, -0.05) is 12.1 Å². The lowest BCUT2D eigenvalue weighted by molar-refractivity contribution is 0.0954. The number of aryl methyl sites for hydroxylation is 1.